The van der Waals surface area contributed by atoms with Crippen LogP contribution in [-0.4, -0.2) is 30.8 Å². The smallest absolute Gasteiger partial charge is 0.341 e. The van der Waals surface area contributed by atoms with Crippen molar-refractivity contribution < 1.29 is 18.7 Å². The van der Waals surface area contributed by atoms with Crippen molar-refractivity contribution in [1.29, 1.82) is 0 Å². The van der Waals surface area contributed by atoms with E-state index in [9.17, 15) is 14.0 Å². The molecule has 0 aliphatic rings. The van der Waals surface area contributed by atoms with Gasteiger partial charge in [-0.25, -0.2) is 14.0 Å². The fraction of sp³-hybridized carbons (Fsp3) is 0.538. The third-order valence-electron chi connectivity index (χ3n) is 2.35. The molecule has 0 saturated carbocycles. The van der Waals surface area contributed by atoms with Gasteiger partial charge in [0.2, 0.25) is 0 Å². The number of alkyl halides is 1. The molecule has 0 aliphatic carbocycles. The van der Waals surface area contributed by atoms with E-state index in [4.69, 9.17) is 4.74 Å². The van der Waals surface area contributed by atoms with Gasteiger partial charge in [-0.15, -0.1) is 11.3 Å². The lowest BCUT2D eigenvalue weighted by Crippen LogP contribution is -2.38. The molecule has 0 aromatic carbocycles. The summed E-state index contributed by atoms with van der Waals surface area (Å²) in [6.07, 6.45) is 0. The first-order valence-corrected chi connectivity index (χ1v) is 7.11. The molecule has 0 fully saturated rings. The number of hydrogen-bond acceptors (Lipinski definition) is 4. The number of carbonyl (C=O) groups is 2. The fourth-order valence-electron chi connectivity index (χ4n) is 1.43. The Hall–Kier alpha value is -1.63. The molecule has 0 atom stereocenters. The summed E-state index contributed by atoms with van der Waals surface area (Å²) < 4.78 is 18.2. The molecule has 0 radical (unpaired) electrons. The highest BCUT2D eigenvalue weighted by Gasteiger charge is 2.21. The number of carbonyl (C=O) groups excluding carboxylic acids is 2. The van der Waals surface area contributed by atoms with E-state index in [2.05, 4.69) is 10.6 Å². The van der Waals surface area contributed by atoms with Crippen molar-refractivity contribution in [3.05, 3.63) is 16.5 Å². The highest BCUT2D eigenvalue weighted by molar-refractivity contribution is 7.15. The van der Waals surface area contributed by atoms with Crippen molar-refractivity contribution in [2.45, 2.75) is 33.4 Å². The van der Waals surface area contributed by atoms with Crippen LogP contribution < -0.4 is 10.6 Å². The average molecular weight is 302 g/mol. The van der Waals surface area contributed by atoms with Gasteiger partial charge in [-0.1, -0.05) is 0 Å². The highest BCUT2D eigenvalue weighted by atomic mass is 32.1. The molecule has 1 aromatic heterocycles. The largest absolute Gasteiger partial charge is 0.462 e. The summed E-state index contributed by atoms with van der Waals surface area (Å²) in [7, 11) is 0. The zero-order chi connectivity index (χ0) is 15.3. The summed E-state index contributed by atoms with van der Waals surface area (Å²) in [6.45, 7) is 6.35. The van der Waals surface area contributed by atoms with E-state index in [0.29, 0.717) is 10.6 Å². The van der Waals surface area contributed by atoms with Crippen LogP contribution in [0.4, 0.5) is 14.2 Å². The maximum absolute atomic E-state index is 13.3. The monoisotopic (exact) mass is 302 g/mol. The molecule has 20 heavy (non-hydrogen) atoms. The molecular weight excluding hydrogens is 283 g/mol. The molecule has 0 saturated heterocycles. The maximum Gasteiger partial charge on any atom is 0.341 e. The molecule has 0 spiro atoms. The summed E-state index contributed by atoms with van der Waals surface area (Å²) in [5, 5.41) is 7.10. The number of amides is 2. The van der Waals surface area contributed by atoms with Crippen molar-refractivity contribution >= 4 is 28.3 Å². The van der Waals surface area contributed by atoms with Gasteiger partial charge in [0.05, 0.1) is 18.7 Å². The first-order valence-electron chi connectivity index (χ1n) is 6.23. The van der Waals surface area contributed by atoms with Crippen LogP contribution in [0, 0.1) is 6.92 Å². The van der Waals surface area contributed by atoms with Crippen molar-refractivity contribution in [3.8, 4) is 0 Å². The second-order valence-corrected chi connectivity index (χ2v) is 5.75. The molecule has 5 nitrogen and oxygen atoms in total. The highest BCUT2D eigenvalue weighted by Crippen LogP contribution is 2.28. The summed E-state index contributed by atoms with van der Waals surface area (Å²) in [5.74, 6) is -0.479. The van der Waals surface area contributed by atoms with Gasteiger partial charge in [-0.05, 0) is 38.6 Å². The lowest BCUT2D eigenvalue weighted by Gasteiger charge is -2.15. The quantitative estimate of drug-likeness (QED) is 0.821. The van der Waals surface area contributed by atoms with Crippen molar-refractivity contribution in [1.82, 2.24) is 5.32 Å². The molecule has 1 rings (SSSR count). The fourth-order valence-corrected chi connectivity index (χ4v) is 2.36. The van der Waals surface area contributed by atoms with Crippen molar-refractivity contribution in [2.24, 2.45) is 0 Å². The molecule has 1 aromatic rings. The number of esters is 1. The number of urea groups is 1. The van der Waals surface area contributed by atoms with Crippen LogP contribution in [0.1, 0.15) is 36.7 Å². The van der Waals surface area contributed by atoms with E-state index >= 15 is 0 Å². The van der Waals surface area contributed by atoms with Crippen LogP contribution >= 0.6 is 11.3 Å². The van der Waals surface area contributed by atoms with Gasteiger partial charge in [0.25, 0.3) is 0 Å². The molecule has 2 N–H and O–H groups in total. The number of halogens is 1. The van der Waals surface area contributed by atoms with Gasteiger partial charge in [0.1, 0.15) is 10.7 Å². The SMILES string of the molecule is CCOC(=O)c1c(C)csc1NC(=O)NCC(C)(C)F. The topological polar surface area (TPSA) is 67.4 Å². The maximum atomic E-state index is 13.3. The normalized spacial score (nSPS) is 11.1. The summed E-state index contributed by atoms with van der Waals surface area (Å²) >= 11 is 1.23. The van der Waals surface area contributed by atoms with Crippen LogP contribution in [0.25, 0.3) is 0 Å². The third kappa shape index (κ3) is 4.80. The van der Waals surface area contributed by atoms with Gasteiger partial charge in [-0.2, -0.15) is 0 Å². The number of rotatable bonds is 5. The Morgan fingerprint density at radius 2 is 2.10 bits per heavy atom. The number of anilines is 1. The Morgan fingerprint density at radius 1 is 1.45 bits per heavy atom. The number of aryl methyl sites for hydroxylation is 1. The van der Waals surface area contributed by atoms with Gasteiger partial charge in [-0.3, -0.25) is 5.32 Å². The van der Waals surface area contributed by atoms with E-state index in [1.54, 1.807) is 19.2 Å². The van der Waals surface area contributed by atoms with Crippen LogP contribution in [-0.2, 0) is 4.74 Å². The summed E-state index contributed by atoms with van der Waals surface area (Å²) in [6, 6.07) is -0.553. The third-order valence-corrected chi connectivity index (χ3v) is 3.36. The Balaban J connectivity index is 2.73. The van der Waals surface area contributed by atoms with E-state index < -0.39 is 17.7 Å². The lowest BCUT2D eigenvalue weighted by molar-refractivity contribution is 0.0527. The first-order chi connectivity index (χ1) is 9.24. The molecule has 0 aliphatic heterocycles. The molecule has 0 unspecified atom stereocenters. The molecule has 7 heteroatoms. The Bertz CT molecular complexity index is 494. The lowest BCUT2D eigenvalue weighted by atomic mass is 10.2. The predicted molar refractivity (Wildman–Crippen MR) is 77.2 cm³/mol. The number of thiophene rings is 1. The Morgan fingerprint density at radius 3 is 2.65 bits per heavy atom. The number of hydrogen-bond donors (Lipinski definition) is 2. The van der Waals surface area contributed by atoms with Crippen LogP contribution in [0.3, 0.4) is 0 Å². The van der Waals surface area contributed by atoms with E-state index in [1.807, 2.05) is 0 Å². The van der Waals surface area contributed by atoms with Gasteiger partial charge < -0.3 is 10.1 Å². The van der Waals surface area contributed by atoms with Gasteiger partial charge in [0, 0.05) is 0 Å². The number of nitrogens with one attached hydrogen (secondary N) is 2. The predicted octanol–water partition coefficient (Wildman–Crippen LogP) is 3.10. The molecule has 0 bridgehead atoms. The van der Waals surface area contributed by atoms with Crippen molar-refractivity contribution in [3.63, 3.8) is 0 Å². The van der Waals surface area contributed by atoms with Crippen LogP contribution in [0.5, 0.6) is 0 Å². The molecule has 2 amide bonds. The zero-order valence-corrected chi connectivity index (χ0v) is 12.8. The van der Waals surface area contributed by atoms with Crippen LogP contribution in [0.15, 0.2) is 5.38 Å². The standard InChI is InChI=1S/C13H19FN2O3S/c1-5-19-11(17)9-8(2)6-20-10(9)16-12(18)15-7-13(3,4)14/h6H,5,7H2,1-4H3,(H2,15,16,18). The average Bonchev–Trinajstić information content (AvgIpc) is 2.67. The van der Waals surface area contributed by atoms with Crippen LogP contribution in [0.2, 0.25) is 0 Å². The minimum Gasteiger partial charge on any atom is -0.462 e. The summed E-state index contributed by atoms with van der Waals surface area (Å²) in [5.41, 5.74) is -0.423. The second kappa shape index (κ2) is 6.69. The van der Waals surface area contributed by atoms with Gasteiger partial charge in [0.15, 0.2) is 0 Å². The van der Waals surface area contributed by atoms with Crippen molar-refractivity contribution in [2.75, 3.05) is 18.5 Å². The molecule has 1 heterocycles. The minimum absolute atomic E-state index is 0.113. The molecular formula is C13H19FN2O3S. The van der Waals surface area contributed by atoms with E-state index in [0.717, 1.165) is 5.56 Å². The second-order valence-electron chi connectivity index (χ2n) is 4.87. The van der Waals surface area contributed by atoms with Gasteiger partial charge >= 0.3 is 12.0 Å². The Labute approximate surface area is 121 Å². The molecule has 112 valence electrons. The first kappa shape index (κ1) is 16.4. The zero-order valence-electron chi connectivity index (χ0n) is 12.0. The van der Waals surface area contributed by atoms with E-state index in [1.165, 1.54) is 25.2 Å². The Kier molecular flexibility index (Phi) is 5.50. The minimum atomic E-state index is -1.49. The number of ether oxygens (including phenoxy) is 1. The summed E-state index contributed by atoms with van der Waals surface area (Å²) in [4.78, 5) is 23.5. The van der Waals surface area contributed by atoms with E-state index in [-0.39, 0.29) is 13.2 Å².